The van der Waals surface area contributed by atoms with E-state index < -0.39 is 5.97 Å². The molecule has 0 aromatic heterocycles. The van der Waals surface area contributed by atoms with Crippen molar-refractivity contribution >= 4 is 5.97 Å². The van der Waals surface area contributed by atoms with Crippen LogP contribution in [0.3, 0.4) is 0 Å². The van der Waals surface area contributed by atoms with Crippen LogP contribution in [0, 0.1) is 11.3 Å². The van der Waals surface area contributed by atoms with Crippen LogP contribution in [0.2, 0.25) is 0 Å². The zero-order chi connectivity index (χ0) is 16.4. The zero-order valence-corrected chi connectivity index (χ0v) is 13.3. The quantitative estimate of drug-likeness (QED) is 0.346. The topological polar surface area (TPSA) is 71.3 Å². The second-order valence-corrected chi connectivity index (χ2v) is 4.72. The van der Waals surface area contributed by atoms with Crippen LogP contribution in [0.15, 0.2) is 41.6 Å². The summed E-state index contributed by atoms with van der Waals surface area (Å²) in [5.74, 6) is -0.632. The Labute approximate surface area is 131 Å². The highest BCUT2D eigenvalue weighted by molar-refractivity contribution is 5.93. The maximum Gasteiger partial charge on any atom is 0.350 e. The van der Waals surface area contributed by atoms with Crippen molar-refractivity contribution < 1.29 is 14.3 Å². The van der Waals surface area contributed by atoms with E-state index in [4.69, 9.17) is 9.47 Å². The van der Waals surface area contributed by atoms with Gasteiger partial charge in [0.25, 0.3) is 0 Å². The Bertz CT molecular complexity index is 547. The lowest BCUT2D eigenvalue weighted by atomic mass is 10.1. The molecule has 22 heavy (non-hydrogen) atoms. The van der Waals surface area contributed by atoms with Crippen molar-refractivity contribution in [3.05, 3.63) is 47.2 Å². The first-order valence-electron chi connectivity index (χ1n) is 7.27. The average molecular weight is 302 g/mol. The van der Waals surface area contributed by atoms with Crippen LogP contribution < -0.4 is 5.32 Å². The summed E-state index contributed by atoms with van der Waals surface area (Å²) in [6, 6.07) is 11.7. The van der Waals surface area contributed by atoms with E-state index in [0.29, 0.717) is 18.9 Å². The molecule has 0 radical (unpaired) electrons. The Morgan fingerprint density at radius 1 is 1.32 bits per heavy atom. The van der Waals surface area contributed by atoms with Crippen molar-refractivity contribution in [2.45, 2.75) is 26.8 Å². The Morgan fingerprint density at radius 3 is 2.59 bits per heavy atom. The van der Waals surface area contributed by atoms with Gasteiger partial charge in [0.05, 0.1) is 6.61 Å². The van der Waals surface area contributed by atoms with Gasteiger partial charge in [-0.2, -0.15) is 5.26 Å². The SMILES string of the molecule is CCOCCOC(=O)C(C#N)=C(C)NC(C)c1ccccc1. The summed E-state index contributed by atoms with van der Waals surface area (Å²) in [7, 11) is 0. The second-order valence-electron chi connectivity index (χ2n) is 4.72. The minimum Gasteiger partial charge on any atom is -0.459 e. The van der Waals surface area contributed by atoms with Gasteiger partial charge in [0.1, 0.15) is 12.7 Å². The third-order valence-corrected chi connectivity index (χ3v) is 3.09. The molecule has 0 aliphatic heterocycles. The molecule has 1 aromatic rings. The standard InChI is InChI=1S/C17H22N2O3/c1-4-21-10-11-22-17(20)16(12-18)14(3)19-13(2)15-8-6-5-7-9-15/h5-9,13,19H,4,10-11H2,1-3H3. The van der Waals surface area contributed by atoms with Crippen LogP contribution in [0.5, 0.6) is 0 Å². The van der Waals surface area contributed by atoms with Gasteiger partial charge in [-0.25, -0.2) is 4.79 Å². The van der Waals surface area contributed by atoms with E-state index in [0.717, 1.165) is 5.56 Å². The van der Waals surface area contributed by atoms with Crippen LogP contribution in [0.1, 0.15) is 32.4 Å². The number of rotatable bonds is 8. The summed E-state index contributed by atoms with van der Waals surface area (Å²) in [4.78, 5) is 11.9. The number of esters is 1. The van der Waals surface area contributed by atoms with Gasteiger partial charge >= 0.3 is 5.97 Å². The minimum absolute atomic E-state index is 0.0132. The lowest BCUT2D eigenvalue weighted by Crippen LogP contribution is -2.21. The normalized spacial score (nSPS) is 12.8. The molecule has 1 rings (SSSR count). The first kappa shape index (κ1) is 17.7. The summed E-state index contributed by atoms with van der Waals surface area (Å²) in [6.45, 7) is 6.55. The van der Waals surface area contributed by atoms with Crippen LogP contribution in [0.4, 0.5) is 0 Å². The zero-order valence-electron chi connectivity index (χ0n) is 13.3. The molecule has 1 atom stereocenters. The molecule has 0 saturated carbocycles. The van der Waals surface area contributed by atoms with Crippen molar-refractivity contribution in [3.63, 3.8) is 0 Å². The van der Waals surface area contributed by atoms with Crippen LogP contribution in [-0.4, -0.2) is 25.8 Å². The van der Waals surface area contributed by atoms with E-state index in [1.54, 1.807) is 6.92 Å². The van der Waals surface area contributed by atoms with Gasteiger partial charge in [0, 0.05) is 18.3 Å². The summed E-state index contributed by atoms with van der Waals surface area (Å²) in [5.41, 5.74) is 1.56. The predicted octanol–water partition coefficient (Wildman–Crippen LogP) is 2.71. The minimum atomic E-state index is -0.632. The first-order chi connectivity index (χ1) is 10.6. The molecule has 1 aromatic carbocycles. The van der Waals surface area contributed by atoms with Crippen molar-refractivity contribution in [2.24, 2.45) is 0 Å². The third kappa shape index (κ3) is 5.58. The van der Waals surface area contributed by atoms with Gasteiger partial charge in [0.2, 0.25) is 0 Å². The van der Waals surface area contributed by atoms with Crippen molar-refractivity contribution in [2.75, 3.05) is 19.8 Å². The monoisotopic (exact) mass is 302 g/mol. The Kier molecular flexibility index (Phi) is 7.73. The number of nitrogens with zero attached hydrogens (tertiary/aromatic N) is 1. The molecule has 0 amide bonds. The lowest BCUT2D eigenvalue weighted by molar-refractivity contribution is -0.140. The Morgan fingerprint density at radius 2 is 2.00 bits per heavy atom. The van der Waals surface area contributed by atoms with E-state index >= 15 is 0 Å². The highest BCUT2D eigenvalue weighted by Crippen LogP contribution is 2.14. The first-order valence-corrected chi connectivity index (χ1v) is 7.27. The fourth-order valence-electron chi connectivity index (χ4n) is 1.91. The van der Waals surface area contributed by atoms with E-state index in [1.165, 1.54) is 0 Å². The van der Waals surface area contributed by atoms with Crippen LogP contribution in [-0.2, 0) is 14.3 Å². The van der Waals surface area contributed by atoms with Gasteiger partial charge in [0.15, 0.2) is 5.57 Å². The molecule has 0 bridgehead atoms. The molecule has 5 nitrogen and oxygen atoms in total. The molecule has 118 valence electrons. The van der Waals surface area contributed by atoms with Gasteiger partial charge in [-0.05, 0) is 26.3 Å². The molecule has 0 fully saturated rings. The molecular formula is C17H22N2O3. The number of allylic oxidation sites excluding steroid dienone is 1. The Hall–Kier alpha value is -2.32. The molecule has 0 saturated heterocycles. The summed E-state index contributed by atoms with van der Waals surface area (Å²) < 4.78 is 10.1. The van der Waals surface area contributed by atoms with Gasteiger partial charge in [-0.3, -0.25) is 0 Å². The summed E-state index contributed by atoms with van der Waals surface area (Å²) in [5, 5.41) is 12.3. The predicted molar refractivity (Wildman–Crippen MR) is 83.8 cm³/mol. The van der Waals surface area contributed by atoms with E-state index in [2.05, 4.69) is 5.32 Å². The van der Waals surface area contributed by atoms with Crippen molar-refractivity contribution in [3.8, 4) is 6.07 Å². The van der Waals surface area contributed by atoms with Gasteiger partial charge in [-0.15, -0.1) is 0 Å². The fourth-order valence-corrected chi connectivity index (χ4v) is 1.91. The number of benzene rings is 1. The average Bonchev–Trinajstić information content (AvgIpc) is 2.53. The van der Waals surface area contributed by atoms with Gasteiger partial charge in [-0.1, -0.05) is 30.3 Å². The van der Waals surface area contributed by atoms with Gasteiger partial charge < -0.3 is 14.8 Å². The van der Waals surface area contributed by atoms with E-state index in [9.17, 15) is 10.1 Å². The van der Waals surface area contributed by atoms with E-state index in [1.807, 2.05) is 50.2 Å². The highest BCUT2D eigenvalue weighted by atomic mass is 16.6. The number of nitrogens with one attached hydrogen (secondary N) is 1. The lowest BCUT2D eigenvalue weighted by Gasteiger charge is -2.17. The van der Waals surface area contributed by atoms with E-state index in [-0.39, 0.29) is 18.2 Å². The molecule has 0 aliphatic carbocycles. The van der Waals surface area contributed by atoms with Crippen LogP contribution >= 0.6 is 0 Å². The number of carbonyl (C=O) groups is 1. The number of carbonyl (C=O) groups excluding carboxylic acids is 1. The molecule has 1 unspecified atom stereocenters. The van der Waals surface area contributed by atoms with Crippen molar-refractivity contribution in [1.29, 1.82) is 5.26 Å². The van der Waals surface area contributed by atoms with Crippen LogP contribution in [0.25, 0.3) is 0 Å². The Balaban J connectivity index is 2.67. The fraction of sp³-hybridized carbons (Fsp3) is 0.412. The maximum atomic E-state index is 11.9. The third-order valence-electron chi connectivity index (χ3n) is 3.09. The molecule has 1 N–H and O–H groups in total. The maximum absolute atomic E-state index is 11.9. The number of ether oxygens (including phenoxy) is 2. The molecule has 0 aliphatic rings. The number of hydrogen-bond acceptors (Lipinski definition) is 5. The molecule has 5 heteroatoms. The summed E-state index contributed by atoms with van der Waals surface area (Å²) >= 11 is 0. The molecule has 0 spiro atoms. The summed E-state index contributed by atoms with van der Waals surface area (Å²) in [6.07, 6.45) is 0. The van der Waals surface area contributed by atoms with Crippen molar-refractivity contribution in [1.82, 2.24) is 5.32 Å². The number of nitriles is 1. The second kappa shape index (κ2) is 9.59. The molecular weight excluding hydrogens is 280 g/mol. The molecule has 0 heterocycles. The smallest absolute Gasteiger partial charge is 0.350 e. The number of hydrogen-bond donors (Lipinski definition) is 1. The largest absolute Gasteiger partial charge is 0.459 e. The highest BCUT2D eigenvalue weighted by Gasteiger charge is 2.16.